The van der Waals surface area contributed by atoms with Crippen LogP contribution in [0.5, 0.6) is 0 Å². The summed E-state index contributed by atoms with van der Waals surface area (Å²) < 4.78 is 5.49. The summed E-state index contributed by atoms with van der Waals surface area (Å²) in [5.74, 6) is -3.35. The standard InChI is InChI=1S/C33H31NO5/c1-33(2,3)25(35)18-39-32(38)24(17-19-11-5-4-6-12-19)34-30(36)28-26-20-13-7-8-14-21(20)27(29(28)31(34)37)23-16-10-9-15-22(23)26/h4-16,24,26-29H,17-18H2,1-3H3/t24-,26?,27?,28-,29+/m1/s1. The van der Waals surface area contributed by atoms with E-state index < -0.39 is 35.9 Å². The Bertz CT molecular complexity index is 1370. The Morgan fingerprint density at radius 2 is 1.18 bits per heavy atom. The monoisotopic (exact) mass is 521 g/mol. The van der Waals surface area contributed by atoms with Crippen molar-refractivity contribution in [2.24, 2.45) is 17.3 Å². The van der Waals surface area contributed by atoms with Gasteiger partial charge in [0.05, 0.1) is 11.8 Å². The molecule has 4 aliphatic rings. The van der Waals surface area contributed by atoms with E-state index >= 15 is 0 Å². The van der Waals surface area contributed by atoms with Crippen LogP contribution in [-0.4, -0.2) is 41.1 Å². The van der Waals surface area contributed by atoms with Gasteiger partial charge in [0.25, 0.3) is 0 Å². The van der Waals surface area contributed by atoms with E-state index in [4.69, 9.17) is 4.74 Å². The van der Waals surface area contributed by atoms with Crippen molar-refractivity contribution in [1.29, 1.82) is 0 Å². The van der Waals surface area contributed by atoms with E-state index in [2.05, 4.69) is 0 Å². The summed E-state index contributed by atoms with van der Waals surface area (Å²) in [6, 6.07) is 24.2. The van der Waals surface area contributed by atoms with Gasteiger partial charge in [-0.25, -0.2) is 4.79 Å². The SMILES string of the molecule is CC(C)(C)C(=O)COC(=O)[C@@H](Cc1ccccc1)N1C(=O)[C@@H]2C3c4ccccc4C(c4ccccc43)[C@@H]2C1=O. The zero-order chi connectivity index (χ0) is 27.5. The fourth-order valence-electron chi connectivity index (χ4n) is 6.57. The summed E-state index contributed by atoms with van der Waals surface area (Å²) in [5, 5.41) is 0. The number of amides is 2. The lowest BCUT2D eigenvalue weighted by molar-refractivity contribution is -0.161. The molecule has 39 heavy (non-hydrogen) atoms. The lowest BCUT2D eigenvalue weighted by Crippen LogP contribution is -2.48. The van der Waals surface area contributed by atoms with Gasteiger partial charge in [0, 0.05) is 23.7 Å². The Balaban J connectivity index is 1.39. The molecule has 3 aromatic rings. The number of rotatable bonds is 6. The number of benzene rings is 3. The number of hydrogen-bond acceptors (Lipinski definition) is 5. The van der Waals surface area contributed by atoms with Crippen molar-refractivity contribution < 1.29 is 23.9 Å². The van der Waals surface area contributed by atoms with Crippen molar-refractivity contribution in [3.63, 3.8) is 0 Å². The number of imide groups is 1. The third-order valence-electron chi connectivity index (χ3n) is 8.52. The Morgan fingerprint density at radius 3 is 1.62 bits per heavy atom. The molecule has 0 radical (unpaired) electrons. The summed E-state index contributed by atoms with van der Waals surface area (Å²) in [5.41, 5.74) is 4.41. The summed E-state index contributed by atoms with van der Waals surface area (Å²) in [4.78, 5) is 55.7. The molecule has 3 atom stereocenters. The number of hydrogen-bond donors (Lipinski definition) is 0. The van der Waals surface area contributed by atoms with Gasteiger partial charge in [-0.05, 0) is 27.8 Å². The van der Waals surface area contributed by atoms with Crippen LogP contribution in [0.25, 0.3) is 0 Å². The molecule has 1 aliphatic heterocycles. The number of ether oxygens (including phenoxy) is 1. The maximum absolute atomic E-state index is 14.2. The zero-order valence-corrected chi connectivity index (χ0v) is 22.3. The molecule has 1 heterocycles. The van der Waals surface area contributed by atoms with Crippen molar-refractivity contribution in [1.82, 2.24) is 4.90 Å². The van der Waals surface area contributed by atoms with Gasteiger partial charge < -0.3 is 4.74 Å². The van der Waals surface area contributed by atoms with Crippen molar-refractivity contribution in [2.75, 3.05) is 6.61 Å². The van der Waals surface area contributed by atoms with Gasteiger partial charge in [-0.2, -0.15) is 0 Å². The van der Waals surface area contributed by atoms with Crippen LogP contribution in [-0.2, 0) is 30.3 Å². The number of likely N-dealkylation sites (tertiary alicyclic amines) is 1. The predicted molar refractivity (Wildman–Crippen MR) is 145 cm³/mol. The van der Waals surface area contributed by atoms with Crippen LogP contribution in [0.4, 0.5) is 0 Å². The molecule has 3 aromatic carbocycles. The van der Waals surface area contributed by atoms with Crippen molar-refractivity contribution in [2.45, 2.75) is 45.1 Å². The van der Waals surface area contributed by atoms with Crippen molar-refractivity contribution in [3.8, 4) is 0 Å². The molecule has 2 amide bonds. The van der Waals surface area contributed by atoms with Crippen LogP contribution in [0.1, 0.15) is 60.4 Å². The van der Waals surface area contributed by atoms with Gasteiger partial charge in [0.15, 0.2) is 12.4 Å². The second kappa shape index (κ2) is 9.30. The highest BCUT2D eigenvalue weighted by atomic mass is 16.5. The highest BCUT2D eigenvalue weighted by Gasteiger charge is 2.63. The molecule has 1 fully saturated rings. The number of nitrogens with zero attached hydrogens (tertiary/aromatic N) is 1. The van der Waals surface area contributed by atoms with E-state index in [1.54, 1.807) is 20.8 Å². The zero-order valence-electron chi connectivity index (χ0n) is 22.3. The number of carbonyl (C=O) groups excluding carboxylic acids is 4. The molecule has 0 unspecified atom stereocenters. The topological polar surface area (TPSA) is 80.8 Å². The van der Waals surface area contributed by atoms with E-state index in [-0.39, 0.29) is 35.9 Å². The Hall–Kier alpha value is -4.06. The van der Waals surface area contributed by atoms with E-state index in [9.17, 15) is 19.2 Å². The van der Waals surface area contributed by atoms with Crippen LogP contribution in [0, 0.1) is 17.3 Å². The van der Waals surface area contributed by atoms with Gasteiger partial charge in [-0.15, -0.1) is 0 Å². The number of ketones is 1. The van der Waals surface area contributed by atoms with Gasteiger partial charge >= 0.3 is 5.97 Å². The third-order valence-corrected chi connectivity index (χ3v) is 8.52. The van der Waals surface area contributed by atoms with Crippen LogP contribution < -0.4 is 0 Å². The van der Waals surface area contributed by atoms with E-state index in [0.29, 0.717) is 0 Å². The Morgan fingerprint density at radius 1 is 0.744 bits per heavy atom. The fourth-order valence-corrected chi connectivity index (χ4v) is 6.57. The first-order valence-electron chi connectivity index (χ1n) is 13.5. The van der Waals surface area contributed by atoms with E-state index in [1.165, 1.54) is 0 Å². The quantitative estimate of drug-likeness (QED) is 0.349. The first-order chi connectivity index (χ1) is 18.7. The molecule has 3 aliphatic carbocycles. The summed E-state index contributed by atoms with van der Waals surface area (Å²) in [7, 11) is 0. The fraction of sp³-hybridized carbons (Fsp3) is 0.333. The maximum Gasteiger partial charge on any atom is 0.330 e. The van der Waals surface area contributed by atoms with Crippen molar-refractivity contribution >= 4 is 23.6 Å². The molecule has 6 heteroatoms. The largest absolute Gasteiger partial charge is 0.456 e. The number of esters is 1. The van der Waals surface area contributed by atoms with E-state index in [0.717, 1.165) is 32.7 Å². The Kier molecular flexibility index (Phi) is 6.01. The number of carbonyl (C=O) groups is 4. The van der Waals surface area contributed by atoms with Gasteiger partial charge in [-0.3, -0.25) is 19.3 Å². The molecule has 1 saturated heterocycles. The normalized spacial score (nSPS) is 23.6. The first kappa shape index (κ1) is 25.2. The molecule has 2 bridgehead atoms. The summed E-state index contributed by atoms with van der Waals surface area (Å²) in [6.45, 7) is 4.87. The second-order valence-electron chi connectivity index (χ2n) is 11.8. The van der Waals surface area contributed by atoms with Gasteiger partial charge in [0.2, 0.25) is 11.8 Å². The smallest absolute Gasteiger partial charge is 0.330 e. The molecular formula is C33H31NO5. The molecule has 0 saturated carbocycles. The lowest BCUT2D eigenvalue weighted by atomic mass is 9.55. The minimum absolute atomic E-state index is 0.121. The van der Waals surface area contributed by atoms with E-state index in [1.807, 2.05) is 78.9 Å². The van der Waals surface area contributed by atoms with Crippen LogP contribution in [0.3, 0.4) is 0 Å². The average Bonchev–Trinajstić information content (AvgIpc) is 3.20. The first-order valence-corrected chi connectivity index (χ1v) is 13.5. The average molecular weight is 522 g/mol. The minimum Gasteiger partial charge on any atom is -0.456 e. The minimum atomic E-state index is -1.16. The summed E-state index contributed by atoms with van der Waals surface area (Å²) in [6.07, 6.45) is 0.121. The Labute approximate surface area is 228 Å². The third kappa shape index (κ3) is 4.01. The summed E-state index contributed by atoms with van der Waals surface area (Å²) >= 11 is 0. The van der Waals surface area contributed by atoms with Gasteiger partial charge in [-0.1, -0.05) is 99.6 Å². The highest BCUT2D eigenvalue weighted by Crippen LogP contribution is 2.61. The van der Waals surface area contributed by atoms with Crippen LogP contribution >= 0.6 is 0 Å². The number of Topliss-reactive ketones (excluding diaryl/α,β-unsaturated/α-hetero) is 1. The molecular weight excluding hydrogens is 490 g/mol. The molecule has 7 rings (SSSR count). The molecule has 6 nitrogen and oxygen atoms in total. The molecule has 0 spiro atoms. The predicted octanol–water partition coefficient (Wildman–Crippen LogP) is 4.65. The van der Waals surface area contributed by atoms with Crippen LogP contribution in [0.2, 0.25) is 0 Å². The second-order valence-corrected chi connectivity index (χ2v) is 11.8. The molecule has 0 aromatic heterocycles. The molecule has 198 valence electrons. The lowest BCUT2D eigenvalue weighted by Gasteiger charge is -2.45. The van der Waals surface area contributed by atoms with Crippen LogP contribution in [0.15, 0.2) is 78.9 Å². The maximum atomic E-state index is 14.2. The van der Waals surface area contributed by atoms with Gasteiger partial charge in [0.1, 0.15) is 6.04 Å². The van der Waals surface area contributed by atoms with Crippen molar-refractivity contribution in [3.05, 3.63) is 107 Å². The highest BCUT2D eigenvalue weighted by molar-refractivity contribution is 6.10. The molecule has 0 N–H and O–H groups in total.